The molecule has 4 aliphatic heterocycles. The number of aliphatic hydroxyl groups is 2. The van der Waals surface area contributed by atoms with E-state index in [2.05, 4.69) is 0 Å². The molecule has 0 radical (unpaired) electrons. The van der Waals surface area contributed by atoms with Crippen molar-refractivity contribution in [2.75, 3.05) is 12.3 Å². The fraction of sp³-hybridized carbons (Fsp3) is 0.385. The molecule has 1 amide bonds. The number of carbonyl (C=O) groups excluding carboxylic acids is 2. The molecule has 6 heterocycles. The number of aromatic nitrogens is 2. The van der Waals surface area contributed by atoms with Gasteiger partial charge in [0, 0.05) is 39.8 Å². The lowest BCUT2D eigenvalue weighted by Gasteiger charge is -2.40. The zero-order valence-corrected chi connectivity index (χ0v) is 20.6. The van der Waals surface area contributed by atoms with Crippen LogP contribution in [0.1, 0.15) is 52.8 Å². The Morgan fingerprint density at radius 2 is 2.00 bits per heavy atom. The Bertz CT molecular complexity index is 1640. The Kier molecular flexibility index (Phi) is 4.86. The first-order valence-corrected chi connectivity index (χ1v) is 13.1. The third-order valence-electron chi connectivity index (χ3n) is 7.97. The summed E-state index contributed by atoms with van der Waals surface area (Å²) in [5, 5.41) is 21.5. The fourth-order valence-electron chi connectivity index (χ4n) is 6.09. The van der Waals surface area contributed by atoms with Gasteiger partial charge in [-0.05, 0) is 37.0 Å². The molecule has 0 spiro atoms. The van der Waals surface area contributed by atoms with Crippen molar-refractivity contribution in [2.45, 2.75) is 56.1 Å². The number of carbonyl (C=O) groups is 2. The highest BCUT2D eigenvalue weighted by Crippen LogP contribution is 2.50. The van der Waals surface area contributed by atoms with Gasteiger partial charge in [-0.1, -0.05) is 0 Å². The zero-order chi connectivity index (χ0) is 25.7. The molecule has 3 unspecified atom stereocenters. The predicted molar refractivity (Wildman–Crippen MR) is 130 cm³/mol. The summed E-state index contributed by atoms with van der Waals surface area (Å²) in [4.78, 5) is 45.7. The number of piperidine rings is 1. The number of rotatable bonds is 1. The minimum atomic E-state index is -1.58. The third-order valence-corrected chi connectivity index (χ3v) is 9.25. The first-order valence-electron chi connectivity index (χ1n) is 12.1. The van der Waals surface area contributed by atoms with Crippen LogP contribution in [0.2, 0.25) is 0 Å². The molecule has 37 heavy (non-hydrogen) atoms. The summed E-state index contributed by atoms with van der Waals surface area (Å²) in [6.07, 6.45) is -1.56. The number of cyclic esters (lactones) is 1. The van der Waals surface area contributed by atoms with Gasteiger partial charge in [0.05, 0.1) is 35.1 Å². The van der Waals surface area contributed by atoms with Crippen molar-refractivity contribution in [2.24, 2.45) is 0 Å². The molecule has 9 nitrogen and oxygen atoms in total. The maximum absolute atomic E-state index is 15.0. The summed E-state index contributed by atoms with van der Waals surface area (Å²) < 4.78 is 21.5. The smallest absolute Gasteiger partial charge is 0.340 e. The number of amides is 1. The average Bonchev–Trinajstić information content (AvgIpc) is 3.25. The molecule has 1 fully saturated rings. The van der Waals surface area contributed by atoms with Gasteiger partial charge in [0.2, 0.25) is 0 Å². The molecule has 2 aromatic heterocycles. The van der Waals surface area contributed by atoms with Crippen LogP contribution in [0.15, 0.2) is 21.8 Å². The van der Waals surface area contributed by atoms with E-state index in [0.29, 0.717) is 47.6 Å². The minimum absolute atomic E-state index is 0.181. The van der Waals surface area contributed by atoms with Crippen molar-refractivity contribution < 1.29 is 28.9 Å². The molecule has 3 aromatic rings. The number of pyridine rings is 2. The van der Waals surface area contributed by atoms with Crippen LogP contribution in [0, 0.1) is 12.7 Å². The molecule has 0 saturated carbocycles. The van der Waals surface area contributed by atoms with Gasteiger partial charge in [-0.15, -0.1) is 11.8 Å². The lowest BCUT2D eigenvalue weighted by molar-refractivity contribution is -0.157. The molecule has 0 bridgehead atoms. The molecule has 4 aliphatic rings. The van der Waals surface area contributed by atoms with Crippen LogP contribution >= 0.6 is 11.8 Å². The lowest BCUT2D eigenvalue weighted by atomic mass is 9.91. The molecule has 1 aromatic carbocycles. The number of nitrogens with zero attached hydrogens (tertiary/aromatic N) is 3. The Morgan fingerprint density at radius 1 is 1.19 bits per heavy atom. The number of thioether (sulfide) groups is 1. The maximum Gasteiger partial charge on any atom is 0.340 e. The van der Waals surface area contributed by atoms with E-state index in [4.69, 9.17) is 9.72 Å². The van der Waals surface area contributed by atoms with Gasteiger partial charge in [0.1, 0.15) is 18.5 Å². The topological polar surface area (TPSA) is 122 Å². The normalized spacial score (nSPS) is 24.1. The number of hydrogen-bond donors (Lipinski definition) is 2. The SMILES string of the molecule is Cc1c(F)cc2nc3c(c4c2c1SCC4N1CCCC(O)C1=O)Cn1c-3cc2c(c1=O)COC(=O)C2O. The Labute approximate surface area is 213 Å². The number of aliphatic hydroxyl groups excluding tert-OH is 2. The molecule has 11 heteroatoms. The van der Waals surface area contributed by atoms with Crippen molar-refractivity contribution in [1.29, 1.82) is 0 Å². The van der Waals surface area contributed by atoms with Crippen LogP contribution in [0.25, 0.3) is 22.3 Å². The Morgan fingerprint density at radius 3 is 2.81 bits per heavy atom. The molecular formula is C26H22FN3O6S. The highest BCUT2D eigenvalue weighted by atomic mass is 32.2. The van der Waals surface area contributed by atoms with E-state index >= 15 is 0 Å². The molecule has 3 atom stereocenters. The van der Waals surface area contributed by atoms with Crippen molar-refractivity contribution in [3.05, 3.63) is 56.1 Å². The van der Waals surface area contributed by atoms with Crippen LogP contribution in [-0.2, 0) is 27.5 Å². The summed E-state index contributed by atoms with van der Waals surface area (Å²) in [5.41, 5.74) is 3.38. The third kappa shape index (κ3) is 3.04. The molecule has 1 saturated heterocycles. The van der Waals surface area contributed by atoms with E-state index in [9.17, 15) is 29.0 Å². The van der Waals surface area contributed by atoms with Gasteiger partial charge in [-0.2, -0.15) is 0 Å². The lowest BCUT2D eigenvalue weighted by Crippen LogP contribution is -2.47. The summed E-state index contributed by atoms with van der Waals surface area (Å²) in [5.74, 6) is -1.07. The number of benzene rings is 1. The Hall–Kier alpha value is -3.28. The monoisotopic (exact) mass is 523 g/mol. The van der Waals surface area contributed by atoms with Crippen molar-refractivity contribution >= 4 is 34.5 Å². The van der Waals surface area contributed by atoms with Crippen LogP contribution in [0.4, 0.5) is 4.39 Å². The van der Waals surface area contributed by atoms with E-state index in [-0.39, 0.29) is 41.8 Å². The van der Waals surface area contributed by atoms with Crippen molar-refractivity contribution in [3.63, 3.8) is 0 Å². The molecular weight excluding hydrogens is 501 g/mol. The molecule has 7 rings (SSSR count). The predicted octanol–water partition coefficient (Wildman–Crippen LogP) is 2.09. The van der Waals surface area contributed by atoms with Gasteiger partial charge in [-0.3, -0.25) is 9.59 Å². The zero-order valence-electron chi connectivity index (χ0n) is 19.8. The largest absolute Gasteiger partial charge is 0.458 e. The second-order valence-electron chi connectivity index (χ2n) is 9.94. The quantitative estimate of drug-likeness (QED) is 0.364. The van der Waals surface area contributed by atoms with Gasteiger partial charge >= 0.3 is 5.97 Å². The van der Waals surface area contributed by atoms with Crippen LogP contribution < -0.4 is 5.56 Å². The molecule has 2 N–H and O–H groups in total. The summed E-state index contributed by atoms with van der Waals surface area (Å²) in [6.45, 7) is 2.16. The van der Waals surface area contributed by atoms with Crippen LogP contribution in [-0.4, -0.2) is 54.9 Å². The van der Waals surface area contributed by atoms with Crippen molar-refractivity contribution in [1.82, 2.24) is 14.5 Å². The fourth-order valence-corrected chi connectivity index (χ4v) is 7.43. The summed E-state index contributed by atoms with van der Waals surface area (Å²) in [6, 6.07) is 2.57. The maximum atomic E-state index is 15.0. The summed E-state index contributed by atoms with van der Waals surface area (Å²) >= 11 is 1.47. The van der Waals surface area contributed by atoms with Crippen LogP contribution in [0.3, 0.4) is 0 Å². The van der Waals surface area contributed by atoms with Gasteiger partial charge in [0.25, 0.3) is 11.5 Å². The first-order chi connectivity index (χ1) is 17.8. The van der Waals surface area contributed by atoms with E-state index in [1.807, 2.05) is 0 Å². The minimum Gasteiger partial charge on any atom is -0.458 e. The number of likely N-dealkylation sites (tertiary alicyclic amines) is 1. The first kappa shape index (κ1) is 22.9. The number of fused-ring (bicyclic) bond motifs is 5. The van der Waals surface area contributed by atoms with E-state index in [1.54, 1.807) is 17.9 Å². The number of esters is 1. The van der Waals surface area contributed by atoms with Gasteiger partial charge in [0.15, 0.2) is 6.10 Å². The Balaban J connectivity index is 1.51. The number of hydrogen-bond acceptors (Lipinski definition) is 8. The summed E-state index contributed by atoms with van der Waals surface area (Å²) in [7, 11) is 0. The second-order valence-corrected chi connectivity index (χ2v) is 11.0. The average molecular weight is 524 g/mol. The second kappa shape index (κ2) is 7.86. The highest BCUT2D eigenvalue weighted by Gasteiger charge is 2.41. The highest BCUT2D eigenvalue weighted by molar-refractivity contribution is 7.99. The standard InChI is InChI=1S/C26H22FN3O6S/c1-10-14(27)6-15-20-19(17(9-37-23(10)20)29-4-2-3-18(31)25(29)34)12-7-30-16(21(12)28-15)5-11-13(24(30)33)8-36-26(35)22(11)32/h5-6,17-18,22,31-32H,2-4,7-9H2,1H3. The molecule has 0 aliphatic carbocycles. The van der Waals surface area contributed by atoms with Crippen LogP contribution in [0.5, 0.6) is 0 Å². The molecule has 190 valence electrons. The van der Waals surface area contributed by atoms with Gasteiger partial charge < -0.3 is 24.4 Å². The number of halogens is 1. The number of ether oxygens (including phenoxy) is 1. The van der Waals surface area contributed by atoms with E-state index in [1.165, 1.54) is 22.4 Å². The van der Waals surface area contributed by atoms with E-state index in [0.717, 1.165) is 21.4 Å². The van der Waals surface area contributed by atoms with Crippen molar-refractivity contribution in [3.8, 4) is 11.4 Å². The van der Waals surface area contributed by atoms with E-state index < -0.39 is 24.0 Å². The van der Waals surface area contributed by atoms with Gasteiger partial charge in [-0.25, -0.2) is 14.2 Å².